The predicted octanol–water partition coefficient (Wildman–Crippen LogP) is 4.12. The van der Waals surface area contributed by atoms with E-state index in [1.807, 2.05) is 20.8 Å². The quantitative estimate of drug-likeness (QED) is 0.600. The number of rotatable bonds is 6. The summed E-state index contributed by atoms with van der Waals surface area (Å²) in [6.45, 7) is 6.22. The van der Waals surface area contributed by atoms with Crippen molar-refractivity contribution in [3.63, 3.8) is 0 Å². The number of ether oxygens (including phenoxy) is 1. The van der Waals surface area contributed by atoms with E-state index >= 15 is 0 Å². The fraction of sp³-hybridized carbons (Fsp3) is 0.450. The van der Waals surface area contributed by atoms with Crippen LogP contribution in [-0.2, 0) is 10.3 Å². The van der Waals surface area contributed by atoms with Crippen LogP contribution in [0.15, 0.2) is 30.5 Å². The van der Waals surface area contributed by atoms with Crippen molar-refractivity contribution in [1.29, 1.82) is 0 Å². The van der Waals surface area contributed by atoms with Crippen molar-refractivity contribution in [2.24, 2.45) is 5.92 Å². The van der Waals surface area contributed by atoms with Gasteiger partial charge in [-0.05, 0) is 50.3 Å². The molecule has 0 unspecified atom stereocenters. The number of amides is 3. The number of anilines is 2. The van der Waals surface area contributed by atoms with E-state index in [-0.39, 0.29) is 11.9 Å². The minimum atomic E-state index is -0.517. The van der Waals surface area contributed by atoms with Crippen molar-refractivity contribution < 1.29 is 14.3 Å². The Bertz CT molecular complexity index is 842. The molecular weight excluding hydrogens is 358 g/mol. The van der Waals surface area contributed by atoms with Crippen LogP contribution < -0.4 is 16.0 Å². The number of nitrogens with one attached hydrogen (secondary N) is 4. The van der Waals surface area contributed by atoms with Gasteiger partial charge in [-0.15, -0.1) is 0 Å². The van der Waals surface area contributed by atoms with Gasteiger partial charge in [0.05, 0.1) is 12.1 Å². The van der Waals surface area contributed by atoms with Gasteiger partial charge in [0.2, 0.25) is 0 Å². The Labute approximate surface area is 164 Å². The van der Waals surface area contributed by atoms with Crippen molar-refractivity contribution in [2.75, 3.05) is 17.2 Å². The number of H-pyrrole nitrogens is 1. The monoisotopic (exact) mass is 385 g/mol. The first kappa shape index (κ1) is 19.7. The summed E-state index contributed by atoms with van der Waals surface area (Å²) in [5, 5.41) is 8.53. The summed E-state index contributed by atoms with van der Waals surface area (Å²) in [4.78, 5) is 31.9. The summed E-state index contributed by atoms with van der Waals surface area (Å²) in [5.74, 6) is 1.05. The van der Waals surface area contributed by atoms with Gasteiger partial charge in [-0.3, -0.25) is 5.32 Å². The molecule has 0 spiro atoms. The topological polar surface area (TPSA) is 108 Å². The maximum atomic E-state index is 12.5. The summed E-state index contributed by atoms with van der Waals surface area (Å²) < 4.78 is 5.11. The number of urea groups is 1. The van der Waals surface area contributed by atoms with E-state index in [0.29, 0.717) is 18.0 Å². The number of nitrogens with zero attached hydrogens (tertiary/aromatic N) is 1. The fourth-order valence-electron chi connectivity index (χ4n) is 3.06. The highest BCUT2D eigenvalue weighted by atomic mass is 16.5. The molecule has 3 amide bonds. The first-order valence-electron chi connectivity index (χ1n) is 9.51. The lowest BCUT2D eigenvalue weighted by atomic mass is 9.76. The number of benzene rings is 1. The Morgan fingerprint density at radius 2 is 1.96 bits per heavy atom. The first-order valence-corrected chi connectivity index (χ1v) is 9.51. The van der Waals surface area contributed by atoms with E-state index in [1.54, 1.807) is 30.5 Å². The Balaban J connectivity index is 1.59. The van der Waals surface area contributed by atoms with Gasteiger partial charge in [-0.2, -0.15) is 0 Å². The second-order valence-corrected chi connectivity index (χ2v) is 7.63. The molecule has 0 aliphatic heterocycles. The Morgan fingerprint density at radius 3 is 2.54 bits per heavy atom. The molecule has 2 aromatic rings. The molecule has 150 valence electrons. The van der Waals surface area contributed by atoms with Crippen LogP contribution in [-0.4, -0.2) is 28.7 Å². The molecule has 1 fully saturated rings. The zero-order valence-electron chi connectivity index (χ0n) is 16.5. The highest BCUT2D eigenvalue weighted by molar-refractivity contribution is 5.91. The van der Waals surface area contributed by atoms with Gasteiger partial charge >= 0.3 is 12.1 Å². The molecule has 4 N–H and O–H groups in total. The summed E-state index contributed by atoms with van der Waals surface area (Å²) in [6, 6.07) is 6.62. The maximum absolute atomic E-state index is 12.5. The maximum Gasteiger partial charge on any atom is 0.411 e. The molecule has 1 saturated carbocycles. The van der Waals surface area contributed by atoms with Crippen LogP contribution in [0, 0.1) is 12.8 Å². The second kappa shape index (κ2) is 8.33. The van der Waals surface area contributed by atoms with E-state index in [4.69, 9.17) is 4.74 Å². The Morgan fingerprint density at radius 1 is 1.25 bits per heavy atom. The fourth-order valence-corrected chi connectivity index (χ4v) is 3.06. The molecule has 1 aliphatic rings. The lowest BCUT2D eigenvalue weighted by molar-refractivity contribution is 0.147. The van der Waals surface area contributed by atoms with E-state index in [1.165, 1.54) is 0 Å². The van der Waals surface area contributed by atoms with Gasteiger partial charge in [0.25, 0.3) is 0 Å². The Hall–Kier alpha value is -3.03. The van der Waals surface area contributed by atoms with E-state index in [9.17, 15) is 9.59 Å². The third-order valence-corrected chi connectivity index (χ3v) is 4.63. The molecule has 28 heavy (non-hydrogen) atoms. The van der Waals surface area contributed by atoms with E-state index < -0.39 is 11.6 Å². The van der Waals surface area contributed by atoms with Crippen LogP contribution in [0.1, 0.15) is 44.6 Å². The molecule has 8 heteroatoms. The van der Waals surface area contributed by atoms with Gasteiger partial charge in [0, 0.05) is 23.3 Å². The lowest BCUT2D eigenvalue weighted by Gasteiger charge is -2.40. The highest BCUT2D eigenvalue weighted by Gasteiger charge is 2.42. The summed E-state index contributed by atoms with van der Waals surface area (Å²) >= 11 is 0. The smallest absolute Gasteiger partial charge is 0.411 e. The second-order valence-electron chi connectivity index (χ2n) is 7.63. The predicted molar refractivity (Wildman–Crippen MR) is 107 cm³/mol. The molecule has 0 atom stereocenters. The van der Waals surface area contributed by atoms with Crippen LogP contribution >= 0.6 is 0 Å². The largest absolute Gasteiger partial charge is 0.449 e. The molecule has 0 radical (unpaired) electrons. The molecule has 1 aromatic heterocycles. The molecule has 0 bridgehead atoms. The normalized spacial score (nSPS) is 14.9. The van der Waals surface area contributed by atoms with Crippen LogP contribution in [0.5, 0.6) is 0 Å². The first-order chi connectivity index (χ1) is 13.4. The van der Waals surface area contributed by atoms with Crippen LogP contribution in [0.3, 0.4) is 0 Å². The third kappa shape index (κ3) is 4.82. The molecule has 1 aromatic carbocycles. The van der Waals surface area contributed by atoms with Gasteiger partial charge in [-0.25, -0.2) is 14.6 Å². The highest BCUT2D eigenvalue weighted by Crippen LogP contribution is 2.39. The minimum absolute atomic E-state index is 0.263. The summed E-state index contributed by atoms with van der Waals surface area (Å²) in [7, 11) is 0. The van der Waals surface area contributed by atoms with Crippen LogP contribution in [0.4, 0.5) is 21.0 Å². The molecule has 0 saturated heterocycles. The molecule has 8 nitrogen and oxygen atoms in total. The zero-order valence-corrected chi connectivity index (χ0v) is 16.5. The summed E-state index contributed by atoms with van der Waals surface area (Å²) in [5.41, 5.74) is 1.64. The number of carbonyl (C=O) groups excluding carboxylic acids is 2. The zero-order chi connectivity index (χ0) is 20.1. The number of carbonyl (C=O) groups is 2. The van der Waals surface area contributed by atoms with Crippen LogP contribution in [0.25, 0.3) is 0 Å². The number of hydrogen-bond acceptors (Lipinski definition) is 4. The number of hydrogen-bond donors (Lipinski definition) is 4. The number of aromatic amines is 1. The minimum Gasteiger partial charge on any atom is -0.449 e. The van der Waals surface area contributed by atoms with Gasteiger partial charge in [0.15, 0.2) is 0 Å². The van der Waals surface area contributed by atoms with Gasteiger partial charge in [0.1, 0.15) is 5.82 Å². The number of imidazole rings is 1. The molecule has 1 heterocycles. The average molecular weight is 385 g/mol. The summed E-state index contributed by atoms with van der Waals surface area (Å²) in [6.07, 6.45) is 3.98. The van der Waals surface area contributed by atoms with Crippen molar-refractivity contribution in [3.05, 3.63) is 42.0 Å². The molecular formula is C20H27N5O3. The number of aromatic nitrogens is 2. The molecule has 3 rings (SSSR count). The van der Waals surface area contributed by atoms with Gasteiger partial charge in [-0.1, -0.05) is 19.9 Å². The van der Waals surface area contributed by atoms with Crippen molar-refractivity contribution >= 4 is 23.5 Å². The van der Waals surface area contributed by atoms with Gasteiger partial charge < -0.3 is 20.4 Å². The van der Waals surface area contributed by atoms with Crippen molar-refractivity contribution in [1.82, 2.24) is 15.3 Å². The van der Waals surface area contributed by atoms with E-state index in [0.717, 1.165) is 30.8 Å². The van der Waals surface area contributed by atoms with E-state index in [2.05, 4.69) is 25.9 Å². The third-order valence-electron chi connectivity index (χ3n) is 4.63. The van der Waals surface area contributed by atoms with Crippen molar-refractivity contribution in [2.45, 2.75) is 45.6 Å². The average Bonchev–Trinajstić information content (AvgIpc) is 3.03. The lowest BCUT2D eigenvalue weighted by Crippen LogP contribution is -2.52. The number of aryl methyl sites for hydroxylation is 1. The SMILES string of the molecule is Cc1cnc(C2(NC(=O)Nc3cccc(NC(=O)OCC(C)C)c3)CCC2)[nH]1. The Kier molecular flexibility index (Phi) is 5.87. The van der Waals surface area contributed by atoms with Crippen molar-refractivity contribution in [3.8, 4) is 0 Å². The van der Waals surface area contributed by atoms with Crippen LogP contribution in [0.2, 0.25) is 0 Å². The standard InChI is InChI=1S/C20H27N5O3/c1-13(2)12-28-19(27)24-16-7-4-6-15(10-16)23-18(26)25-20(8-5-9-20)17-21-11-14(3)22-17/h4,6-7,10-11,13H,5,8-9,12H2,1-3H3,(H,21,22)(H,24,27)(H2,23,25,26). The molecule has 1 aliphatic carbocycles.